The molecule has 0 radical (unpaired) electrons. The predicted molar refractivity (Wildman–Crippen MR) is 94.2 cm³/mol. The Morgan fingerprint density at radius 2 is 0.600 bits per heavy atom. The van der Waals surface area contributed by atoms with Crippen molar-refractivity contribution >= 4 is 0 Å². The Hall–Kier alpha value is 0.394. The standard InChI is InChI=1S/4C4H10O2.Ti/c4*1-4(3-5)6-2;/h4*4-5H,3H2,1-2H3;. The Labute approximate surface area is 168 Å². The van der Waals surface area contributed by atoms with Crippen LogP contribution in [-0.2, 0) is 40.7 Å². The molecule has 0 aromatic heterocycles. The summed E-state index contributed by atoms with van der Waals surface area (Å²) in [5.41, 5.74) is 0. The molecule has 0 aliphatic heterocycles. The van der Waals surface area contributed by atoms with Gasteiger partial charge in [-0.1, -0.05) is 0 Å². The Balaban J connectivity index is -0.0000000702. The molecule has 0 fully saturated rings. The van der Waals surface area contributed by atoms with Crippen LogP contribution in [0.15, 0.2) is 0 Å². The van der Waals surface area contributed by atoms with Gasteiger partial charge in [-0.05, 0) is 27.7 Å². The first kappa shape index (κ1) is 36.3. The fourth-order valence-electron chi connectivity index (χ4n) is 0.298. The quantitative estimate of drug-likeness (QED) is 0.417. The van der Waals surface area contributed by atoms with Gasteiger partial charge < -0.3 is 39.4 Å². The van der Waals surface area contributed by atoms with Crippen molar-refractivity contribution in [1.29, 1.82) is 0 Å². The van der Waals surface area contributed by atoms with E-state index in [9.17, 15) is 0 Å². The molecule has 0 amide bonds. The molecule has 0 saturated carbocycles. The predicted octanol–water partition coefficient (Wildman–Crippen LogP) is 0.0519. The number of hydrogen-bond acceptors (Lipinski definition) is 8. The van der Waals surface area contributed by atoms with E-state index in [1.807, 2.05) is 0 Å². The molecule has 4 atom stereocenters. The zero-order valence-electron chi connectivity index (χ0n) is 17.1. The summed E-state index contributed by atoms with van der Waals surface area (Å²) in [5, 5.41) is 32.8. The van der Waals surface area contributed by atoms with Gasteiger partial charge in [-0.3, -0.25) is 0 Å². The van der Waals surface area contributed by atoms with Crippen molar-refractivity contribution in [2.45, 2.75) is 52.1 Å². The third kappa shape index (κ3) is 45.5. The molecule has 0 aromatic carbocycles. The zero-order valence-corrected chi connectivity index (χ0v) is 18.6. The van der Waals surface area contributed by atoms with Crippen LogP contribution in [0.2, 0.25) is 0 Å². The molecule has 0 bridgehead atoms. The average Bonchev–Trinajstić information content (AvgIpc) is 2.66. The first-order chi connectivity index (χ1) is 11.2. The maximum Gasteiger partial charge on any atom is 0.0773 e. The fraction of sp³-hybridized carbons (Fsp3) is 1.00. The van der Waals surface area contributed by atoms with Crippen LogP contribution in [-0.4, -0.2) is 99.7 Å². The van der Waals surface area contributed by atoms with Gasteiger partial charge in [0.1, 0.15) is 0 Å². The molecule has 156 valence electrons. The third-order valence-electron chi connectivity index (χ3n) is 2.64. The second-order valence-corrected chi connectivity index (χ2v) is 4.92. The molecule has 25 heavy (non-hydrogen) atoms. The molecule has 0 heterocycles. The molecule has 0 aliphatic carbocycles. The Morgan fingerprint density at radius 3 is 0.600 bits per heavy atom. The summed E-state index contributed by atoms with van der Waals surface area (Å²) in [5.74, 6) is 0. The Bertz CT molecular complexity index is 145. The number of ether oxygens (including phenoxy) is 4. The normalized spacial score (nSPS) is 13.9. The molecule has 0 aliphatic rings. The van der Waals surface area contributed by atoms with Crippen LogP contribution in [0.1, 0.15) is 27.7 Å². The van der Waals surface area contributed by atoms with E-state index in [-0.39, 0.29) is 72.6 Å². The van der Waals surface area contributed by atoms with Crippen LogP contribution in [0, 0.1) is 0 Å². The van der Waals surface area contributed by atoms with Crippen LogP contribution in [0.25, 0.3) is 0 Å². The minimum atomic E-state index is -0.00926. The topological polar surface area (TPSA) is 118 Å². The SMILES string of the molecule is COC(C)CO.COC(C)CO.COC(C)CO.COC(C)CO.[Ti]. The van der Waals surface area contributed by atoms with E-state index in [2.05, 4.69) is 18.9 Å². The van der Waals surface area contributed by atoms with Crippen LogP contribution >= 0.6 is 0 Å². The zero-order chi connectivity index (χ0) is 20.0. The van der Waals surface area contributed by atoms with Crippen LogP contribution in [0.3, 0.4) is 0 Å². The van der Waals surface area contributed by atoms with E-state index in [4.69, 9.17) is 20.4 Å². The van der Waals surface area contributed by atoms with E-state index in [0.717, 1.165) is 0 Å². The summed E-state index contributed by atoms with van der Waals surface area (Å²) in [4.78, 5) is 0. The number of rotatable bonds is 8. The number of hydrogen-bond donors (Lipinski definition) is 4. The molecule has 0 rings (SSSR count). The minimum Gasteiger partial charge on any atom is -0.394 e. The largest absolute Gasteiger partial charge is 0.394 e. The van der Waals surface area contributed by atoms with E-state index in [1.54, 1.807) is 56.1 Å². The van der Waals surface area contributed by atoms with Crippen LogP contribution in [0.5, 0.6) is 0 Å². The van der Waals surface area contributed by atoms with Crippen molar-refractivity contribution < 1.29 is 61.1 Å². The van der Waals surface area contributed by atoms with Crippen LogP contribution in [0.4, 0.5) is 0 Å². The van der Waals surface area contributed by atoms with Crippen molar-refractivity contribution in [3.05, 3.63) is 0 Å². The fourth-order valence-corrected chi connectivity index (χ4v) is 0.298. The Kier molecular flexibility index (Phi) is 46.6. The first-order valence-electron chi connectivity index (χ1n) is 7.78. The van der Waals surface area contributed by atoms with Crippen molar-refractivity contribution in [1.82, 2.24) is 0 Å². The van der Waals surface area contributed by atoms with Gasteiger partial charge in [-0.2, -0.15) is 0 Å². The van der Waals surface area contributed by atoms with Gasteiger partial charge in [0.25, 0.3) is 0 Å². The third-order valence-corrected chi connectivity index (χ3v) is 2.64. The minimum absolute atomic E-state index is 0. The molecule has 4 unspecified atom stereocenters. The summed E-state index contributed by atoms with van der Waals surface area (Å²) >= 11 is 0. The molecule has 8 nitrogen and oxygen atoms in total. The number of methoxy groups -OCH3 is 4. The summed E-state index contributed by atoms with van der Waals surface area (Å²) in [6.07, 6.45) is -0.0370. The van der Waals surface area contributed by atoms with Gasteiger partial charge in [0.05, 0.1) is 50.8 Å². The smallest absolute Gasteiger partial charge is 0.0773 e. The van der Waals surface area contributed by atoms with Crippen LogP contribution < -0.4 is 0 Å². The molecular weight excluding hydrogens is 368 g/mol. The van der Waals surface area contributed by atoms with Gasteiger partial charge >= 0.3 is 0 Å². The first-order valence-corrected chi connectivity index (χ1v) is 7.78. The van der Waals surface area contributed by atoms with Gasteiger partial charge in [0, 0.05) is 50.2 Å². The van der Waals surface area contributed by atoms with Gasteiger partial charge in [0.15, 0.2) is 0 Å². The van der Waals surface area contributed by atoms with Gasteiger partial charge in [-0.15, -0.1) is 0 Å². The monoisotopic (exact) mass is 408 g/mol. The van der Waals surface area contributed by atoms with Gasteiger partial charge in [0.2, 0.25) is 0 Å². The summed E-state index contributed by atoms with van der Waals surface area (Å²) < 4.78 is 18.6. The van der Waals surface area contributed by atoms with E-state index in [0.29, 0.717) is 0 Å². The van der Waals surface area contributed by atoms with Crippen molar-refractivity contribution in [3.63, 3.8) is 0 Å². The second-order valence-electron chi connectivity index (χ2n) is 4.92. The molecule has 9 heteroatoms. The van der Waals surface area contributed by atoms with Crippen molar-refractivity contribution in [2.24, 2.45) is 0 Å². The number of aliphatic hydroxyl groups is 4. The average molecular weight is 408 g/mol. The summed E-state index contributed by atoms with van der Waals surface area (Å²) in [7, 11) is 6.28. The molecular formula is C16H40O8Ti. The molecule has 0 aromatic rings. The second kappa shape index (κ2) is 32.1. The molecule has 0 saturated heterocycles. The van der Waals surface area contributed by atoms with E-state index < -0.39 is 0 Å². The molecule has 0 spiro atoms. The Morgan fingerprint density at radius 1 is 0.480 bits per heavy atom. The molecule has 4 N–H and O–H groups in total. The van der Waals surface area contributed by atoms with Gasteiger partial charge in [-0.25, -0.2) is 0 Å². The van der Waals surface area contributed by atoms with E-state index in [1.165, 1.54) is 0 Å². The van der Waals surface area contributed by atoms with E-state index >= 15 is 0 Å². The maximum atomic E-state index is 8.21. The van der Waals surface area contributed by atoms with Crippen molar-refractivity contribution in [2.75, 3.05) is 54.9 Å². The van der Waals surface area contributed by atoms with Crippen molar-refractivity contribution in [3.8, 4) is 0 Å². The summed E-state index contributed by atoms with van der Waals surface area (Å²) in [6, 6.07) is 0. The maximum absolute atomic E-state index is 8.21. The summed E-state index contributed by atoms with van der Waals surface area (Å²) in [6.45, 7) is 7.65. The number of aliphatic hydroxyl groups excluding tert-OH is 4.